The number of furan rings is 1. The van der Waals surface area contributed by atoms with E-state index in [1.54, 1.807) is 18.2 Å². The van der Waals surface area contributed by atoms with E-state index < -0.39 is 11.9 Å². The van der Waals surface area contributed by atoms with Gasteiger partial charge in [-0.1, -0.05) is 36.0 Å². The van der Waals surface area contributed by atoms with Crippen molar-refractivity contribution in [2.45, 2.75) is 17.3 Å². The van der Waals surface area contributed by atoms with E-state index in [0.29, 0.717) is 10.8 Å². The van der Waals surface area contributed by atoms with Crippen molar-refractivity contribution < 1.29 is 24.2 Å². The number of carboxylic acid groups (broad SMARTS) is 2. The van der Waals surface area contributed by atoms with Crippen molar-refractivity contribution >= 4 is 23.7 Å². The predicted molar refractivity (Wildman–Crippen MR) is 73.0 cm³/mol. The van der Waals surface area contributed by atoms with Gasteiger partial charge in [-0.15, -0.1) is 0 Å². The first-order chi connectivity index (χ1) is 9.56. The minimum Gasteiger partial charge on any atom is -0.481 e. The van der Waals surface area contributed by atoms with Gasteiger partial charge in [-0.05, 0) is 23.3 Å². The van der Waals surface area contributed by atoms with Crippen LogP contribution in [0.4, 0.5) is 0 Å². The summed E-state index contributed by atoms with van der Waals surface area (Å²) < 4.78 is 5.13. The van der Waals surface area contributed by atoms with Gasteiger partial charge in [0.2, 0.25) is 5.76 Å². The number of carboxylic acids is 2. The average Bonchev–Trinajstić information content (AvgIpc) is 2.86. The van der Waals surface area contributed by atoms with Crippen LogP contribution >= 0.6 is 11.8 Å². The van der Waals surface area contributed by atoms with E-state index in [1.807, 2.05) is 12.1 Å². The van der Waals surface area contributed by atoms with Gasteiger partial charge in [0.1, 0.15) is 0 Å². The zero-order valence-electron chi connectivity index (χ0n) is 10.4. The summed E-state index contributed by atoms with van der Waals surface area (Å²) in [5.41, 5.74) is 1.64. The average molecular weight is 292 g/mol. The highest BCUT2D eigenvalue weighted by Gasteiger charge is 2.11. The molecule has 0 amide bonds. The molecule has 2 rings (SSSR count). The molecule has 0 aliphatic heterocycles. The first-order valence-electron chi connectivity index (χ1n) is 5.81. The van der Waals surface area contributed by atoms with E-state index >= 15 is 0 Å². The van der Waals surface area contributed by atoms with Gasteiger partial charge in [-0.25, -0.2) is 4.79 Å². The largest absolute Gasteiger partial charge is 0.481 e. The number of thioether (sulfide) groups is 1. The smallest absolute Gasteiger partial charge is 0.371 e. The summed E-state index contributed by atoms with van der Waals surface area (Å²) in [7, 11) is 0. The fourth-order valence-corrected chi connectivity index (χ4v) is 2.59. The molecule has 20 heavy (non-hydrogen) atoms. The van der Waals surface area contributed by atoms with Gasteiger partial charge < -0.3 is 14.6 Å². The van der Waals surface area contributed by atoms with Gasteiger partial charge >= 0.3 is 11.9 Å². The van der Waals surface area contributed by atoms with Crippen LogP contribution in [0.25, 0.3) is 0 Å². The number of carbonyl (C=O) groups is 2. The molecule has 1 heterocycles. The van der Waals surface area contributed by atoms with Crippen molar-refractivity contribution in [3.05, 3.63) is 53.3 Å². The Morgan fingerprint density at radius 2 is 1.75 bits per heavy atom. The molecule has 0 radical (unpaired) electrons. The molecule has 6 heteroatoms. The zero-order chi connectivity index (χ0) is 14.5. The fourth-order valence-electron chi connectivity index (χ4n) is 1.70. The maximum absolute atomic E-state index is 10.8. The Labute approximate surface area is 119 Å². The maximum atomic E-state index is 10.8. The lowest BCUT2D eigenvalue weighted by molar-refractivity contribution is -0.136. The Bertz CT molecular complexity index is 632. The van der Waals surface area contributed by atoms with E-state index in [1.165, 1.54) is 17.8 Å². The maximum Gasteiger partial charge on any atom is 0.371 e. The number of rotatable bonds is 6. The van der Waals surface area contributed by atoms with Crippen LogP contribution in [0.1, 0.15) is 21.7 Å². The summed E-state index contributed by atoms with van der Waals surface area (Å²) >= 11 is 1.33. The molecule has 0 atom stereocenters. The van der Waals surface area contributed by atoms with Crippen molar-refractivity contribution in [2.24, 2.45) is 0 Å². The van der Waals surface area contributed by atoms with Crippen LogP contribution in [0.2, 0.25) is 0 Å². The Balaban J connectivity index is 2.06. The fraction of sp³-hybridized carbons (Fsp3) is 0.143. The molecular formula is C14H12O5S. The van der Waals surface area contributed by atoms with Crippen LogP contribution in [0.15, 0.2) is 45.9 Å². The van der Waals surface area contributed by atoms with Gasteiger partial charge in [0, 0.05) is 5.75 Å². The van der Waals surface area contributed by atoms with Crippen LogP contribution in [0, 0.1) is 0 Å². The third kappa shape index (κ3) is 3.64. The monoisotopic (exact) mass is 292 g/mol. The van der Waals surface area contributed by atoms with Gasteiger partial charge in [0.15, 0.2) is 5.09 Å². The summed E-state index contributed by atoms with van der Waals surface area (Å²) in [6, 6.07) is 10.2. The van der Waals surface area contributed by atoms with Crippen LogP contribution in [0.3, 0.4) is 0 Å². The van der Waals surface area contributed by atoms with E-state index in [2.05, 4.69) is 0 Å². The minimum atomic E-state index is -1.11. The predicted octanol–water partition coefficient (Wildman–Crippen LogP) is 2.90. The van der Waals surface area contributed by atoms with Crippen molar-refractivity contribution in [3.63, 3.8) is 0 Å². The highest BCUT2D eigenvalue weighted by atomic mass is 32.2. The normalized spacial score (nSPS) is 10.4. The summed E-state index contributed by atoms with van der Waals surface area (Å²) in [6.45, 7) is 0. The van der Waals surface area contributed by atoms with Crippen molar-refractivity contribution in [1.29, 1.82) is 0 Å². The molecule has 0 saturated heterocycles. The molecular weight excluding hydrogens is 280 g/mol. The molecule has 0 saturated carbocycles. The first-order valence-corrected chi connectivity index (χ1v) is 6.79. The standard InChI is InChI=1S/C14H12O5S/c15-12(16)7-9-3-1-2-4-10(9)8-20-13-6-5-11(19-13)14(17)18/h1-6H,7-8H2,(H,15,16)(H,17,18). The Morgan fingerprint density at radius 1 is 1.05 bits per heavy atom. The molecule has 0 aliphatic carbocycles. The quantitative estimate of drug-likeness (QED) is 0.796. The summed E-state index contributed by atoms with van der Waals surface area (Å²) in [4.78, 5) is 21.5. The molecule has 0 fully saturated rings. The molecule has 2 aromatic rings. The SMILES string of the molecule is O=C(O)Cc1ccccc1CSc1ccc(C(=O)O)o1. The molecule has 2 N–H and O–H groups in total. The first kappa shape index (κ1) is 14.2. The topological polar surface area (TPSA) is 87.7 Å². The third-order valence-electron chi connectivity index (χ3n) is 2.62. The zero-order valence-corrected chi connectivity index (χ0v) is 11.2. The number of hydrogen-bond donors (Lipinski definition) is 2. The Kier molecular flexibility index (Phi) is 4.47. The Morgan fingerprint density at radius 3 is 2.35 bits per heavy atom. The lowest BCUT2D eigenvalue weighted by atomic mass is 10.1. The third-order valence-corrected chi connectivity index (χ3v) is 3.58. The lowest BCUT2D eigenvalue weighted by Crippen LogP contribution is -2.02. The molecule has 5 nitrogen and oxygen atoms in total. The van der Waals surface area contributed by atoms with E-state index in [9.17, 15) is 9.59 Å². The molecule has 0 spiro atoms. The minimum absolute atomic E-state index is 0.0325. The van der Waals surface area contributed by atoms with Crippen molar-refractivity contribution in [3.8, 4) is 0 Å². The van der Waals surface area contributed by atoms with Gasteiger partial charge in [-0.3, -0.25) is 4.79 Å². The summed E-state index contributed by atoms with van der Waals surface area (Å²) in [6.07, 6.45) is -0.0325. The molecule has 0 aliphatic rings. The number of aromatic carboxylic acids is 1. The highest BCUT2D eigenvalue weighted by molar-refractivity contribution is 7.98. The summed E-state index contributed by atoms with van der Waals surface area (Å²) in [5, 5.41) is 18.1. The lowest BCUT2D eigenvalue weighted by Gasteiger charge is -2.06. The molecule has 0 bridgehead atoms. The van der Waals surface area contributed by atoms with Crippen molar-refractivity contribution in [2.75, 3.05) is 0 Å². The van der Waals surface area contributed by atoms with Crippen LogP contribution in [0.5, 0.6) is 0 Å². The molecule has 104 valence electrons. The Hall–Kier alpha value is -2.21. The number of benzene rings is 1. The molecule has 1 aromatic heterocycles. The molecule has 1 aromatic carbocycles. The van der Waals surface area contributed by atoms with Crippen molar-refractivity contribution in [1.82, 2.24) is 0 Å². The highest BCUT2D eigenvalue weighted by Crippen LogP contribution is 2.26. The molecule has 0 unspecified atom stereocenters. The second-order valence-corrected chi connectivity index (χ2v) is 5.03. The second kappa shape index (κ2) is 6.29. The second-order valence-electron chi connectivity index (χ2n) is 4.05. The van der Waals surface area contributed by atoms with Gasteiger partial charge in [0.05, 0.1) is 6.42 Å². The van der Waals surface area contributed by atoms with Crippen LogP contribution in [-0.2, 0) is 17.0 Å². The number of hydrogen-bond acceptors (Lipinski definition) is 4. The van der Waals surface area contributed by atoms with Crippen LogP contribution < -0.4 is 0 Å². The van der Waals surface area contributed by atoms with E-state index in [0.717, 1.165) is 11.1 Å². The van der Waals surface area contributed by atoms with Crippen LogP contribution in [-0.4, -0.2) is 22.2 Å². The number of aliphatic carboxylic acids is 1. The van der Waals surface area contributed by atoms with E-state index in [-0.39, 0.29) is 12.2 Å². The summed E-state index contributed by atoms with van der Waals surface area (Å²) in [5.74, 6) is -1.57. The van der Waals surface area contributed by atoms with Gasteiger partial charge in [0.25, 0.3) is 0 Å². The van der Waals surface area contributed by atoms with Gasteiger partial charge in [-0.2, -0.15) is 0 Å². The van der Waals surface area contributed by atoms with E-state index in [4.69, 9.17) is 14.6 Å².